The second-order valence-electron chi connectivity index (χ2n) is 12.2. The molecule has 5 saturated carbocycles. The number of hydrogen-bond acceptors (Lipinski definition) is 9. The zero-order chi connectivity index (χ0) is 24.5. The van der Waals surface area contributed by atoms with E-state index in [1.165, 1.54) is 13.8 Å². The number of hydrogen-bond donors (Lipinski definition) is 1. The van der Waals surface area contributed by atoms with Gasteiger partial charge in [0, 0.05) is 82.1 Å². The van der Waals surface area contributed by atoms with Crippen LogP contribution in [0, 0.1) is 40.4 Å². The Balaban J connectivity index is 1.48. The summed E-state index contributed by atoms with van der Waals surface area (Å²) >= 11 is 0. The molecule has 194 valence electrons. The summed E-state index contributed by atoms with van der Waals surface area (Å²) < 4.78 is 37.7. The van der Waals surface area contributed by atoms with Crippen molar-refractivity contribution in [2.45, 2.75) is 81.8 Å². The van der Waals surface area contributed by atoms with Crippen molar-refractivity contribution in [3.05, 3.63) is 0 Å². The number of fused-ring (bicyclic) bond motifs is 3. The molecule has 14 atom stereocenters. The molecule has 0 aromatic rings. The van der Waals surface area contributed by atoms with Crippen LogP contribution in [0.5, 0.6) is 0 Å². The van der Waals surface area contributed by atoms with Gasteiger partial charge >= 0.3 is 11.9 Å². The Morgan fingerprint density at radius 1 is 1.06 bits per heavy atom. The minimum atomic E-state index is -0.846. The lowest BCUT2D eigenvalue weighted by Crippen LogP contribution is -2.83. The first-order valence-electron chi connectivity index (χ1n) is 13.1. The van der Waals surface area contributed by atoms with E-state index in [1.54, 1.807) is 21.3 Å². The normalized spacial score (nSPS) is 57.9. The zero-order valence-corrected chi connectivity index (χ0v) is 21.2. The van der Waals surface area contributed by atoms with Crippen LogP contribution in [0.15, 0.2) is 0 Å². The van der Waals surface area contributed by atoms with E-state index in [4.69, 9.17) is 28.4 Å². The molecule has 0 aromatic carbocycles. The van der Waals surface area contributed by atoms with Crippen molar-refractivity contribution in [2.75, 3.05) is 27.9 Å². The van der Waals surface area contributed by atoms with Crippen molar-refractivity contribution in [1.82, 2.24) is 5.32 Å². The number of rotatable bonds is 6. The van der Waals surface area contributed by atoms with E-state index in [-0.39, 0.29) is 89.0 Å². The molecule has 9 rings (SSSR count). The lowest BCUT2D eigenvalue weighted by molar-refractivity contribution is -0.357. The average Bonchev–Trinajstić information content (AvgIpc) is 3.23. The Hall–Kier alpha value is -1.26. The van der Waals surface area contributed by atoms with Gasteiger partial charge in [-0.05, 0) is 25.2 Å². The molecule has 5 aliphatic carbocycles. The molecule has 1 N–H and O–H groups in total. The first-order valence-corrected chi connectivity index (χ1v) is 13.1. The van der Waals surface area contributed by atoms with Crippen LogP contribution in [0.2, 0.25) is 0 Å². The van der Waals surface area contributed by atoms with E-state index in [0.717, 1.165) is 19.3 Å². The van der Waals surface area contributed by atoms with Crippen molar-refractivity contribution in [3.63, 3.8) is 0 Å². The van der Waals surface area contributed by atoms with Crippen molar-refractivity contribution in [2.24, 2.45) is 40.4 Å². The summed E-state index contributed by atoms with van der Waals surface area (Å²) in [5.74, 6) is -0.392. The van der Waals surface area contributed by atoms with Crippen LogP contribution >= 0.6 is 0 Å². The van der Waals surface area contributed by atoms with E-state index < -0.39 is 5.60 Å². The number of piperidine rings is 1. The molecule has 4 heterocycles. The lowest BCUT2D eigenvalue weighted by atomic mass is 9.41. The summed E-state index contributed by atoms with van der Waals surface area (Å²) in [4.78, 5) is 25.1. The highest BCUT2D eigenvalue weighted by Crippen LogP contribution is 2.81. The Kier molecular flexibility index (Phi) is 4.70. The molecule has 4 aliphatic heterocycles. The third kappa shape index (κ3) is 2.35. The molecular weight excluding hydrogens is 454 g/mol. The van der Waals surface area contributed by atoms with Gasteiger partial charge in [-0.15, -0.1) is 0 Å². The molecule has 0 radical (unpaired) electrons. The quantitative estimate of drug-likeness (QED) is 0.551. The van der Waals surface area contributed by atoms with Crippen molar-refractivity contribution >= 4 is 11.9 Å². The maximum absolute atomic E-state index is 12.8. The maximum Gasteiger partial charge on any atom is 0.303 e. The molecule has 9 bridgehead atoms. The van der Waals surface area contributed by atoms with Crippen molar-refractivity contribution < 1.29 is 38.0 Å². The second kappa shape index (κ2) is 7.19. The minimum absolute atomic E-state index is 0.0626. The van der Waals surface area contributed by atoms with Gasteiger partial charge in [0.05, 0.1) is 24.9 Å². The topological polar surface area (TPSA) is 102 Å². The van der Waals surface area contributed by atoms with Gasteiger partial charge in [-0.1, -0.05) is 0 Å². The second-order valence-corrected chi connectivity index (χ2v) is 12.2. The summed E-state index contributed by atoms with van der Waals surface area (Å²) in [5, 5.41) is 3.92. The van der Waals surface area contributed by atoms with Gasteiger partial charge in [0.1, 0.15) is 17.9 Å². The number of methoxy groups -OCH3 is 3. The lowest BCUT2D eigenvalue weighted by Gasteiger charge is -2.73. The van der Waals surface area contributed by atoms with E-state index in [1.807, 2.05) is 0 Å². The highest BCUT2D eigenvalue weighted by molar-refractivity contribution is 5.68. The fourth-order valence-electron chi connectivity index (χ4n) is 11.2. The smallest absolute Gasteiger partial charge is 0.303 e. The third-order valence-corrected chi connectivity index (χ3v) is 11.4. The van der Waals surface area contributed by atoms with Gasteiger partial charge in [0.15, 0.2) is 0 Å². The molecule has 9 nitrogen and oxygen atoms in total. The highest BCUT2D eigenvalue weighted by Gasteiger charge is 2.90. The third-order valence-electron chi connectivity index (χ3n) is 11.4. The SMILES string of the molecule is COC[C@]12CC[C@@H]3OC1NC1[C@@H]4[C@H](OC)[C@H]2[C@@]13[C@@H]1C[C@H]2[C@H](OC(C)=O)[C@@H]1[C@]4(OC(C)=O)C[C@@H]2OC. The van der Waals surface area contributed by atoms with Gasteiger partial charge in [-0.25, -0.2) is 0 Å². The number of ether oxygens (including phenoxy) is 6. The monoisotopic (exact) mass is 491 g/mol. The maximum atomic E-state index is 12.8. The summed E-state index contributed by atoms with van der Waals surface area (Å²) in [6.07, 6.45) is 2.79. The van der Waals surface area contributed by atoms with Crippen LogP contribution in [0.25, 0.3) is 0 Å². The van der Waals surface area contributed by atoms with Crippen molar-refractivity contribution in [1.29, 1.82) is 0 Å². The largest absolute Gasteiger partial charge is 0.462 e. The first-order chi connectivity index (χ1) is 16.8. The summed E-state index contributed by atoms with van der Waals surface area (Å²) in [6, 6.07) is 0.0967. The van der Waals surface area contributed by atoms with Gasteiger partial charge in [0.25, 0.3) is 0 Å². The molecule has 4 saturated heterocycles. The van der Waals surface area contributed by atoms with Crippen molar-refractivity contribution in [3.8, 4) is 0 Å². The molecule has 0 aromatic heterocycles. The molecule has 9 aliphatic rings. The standard InChI is InChI=1S/C26H37NO8/c1-11(28)33-19-13-8-14-17(19)25(35-12(2)29,9-15(13)31-4)18-20(32-5)21-24(10-30-3)7-6-16-26(14,21)22(18)27-23(24)34-16/h13-23,27H,6-10H2,1-5H3/t13-,14-,15+,16+,17-,18+,19+,20+,21-,22?,23?,24+,25-,26+/m1/s1. The number of esters is 2. The molecule has 9 fully saturated rings. The average molecular weight is 492 g/mol. The molecule has 0 amide bonds. The Morgan fingerprint density at radius 2 is 1.86 bits per heavy atom. The van der Waals surface area contributed by atoms with Gasteiger partial charge in [0.2, 0.25) is 0 Å². The Morgan fingerprint density at radius 3 is 2.51 bits per heavy atom. The molecule has 9 heteroatoms. The van der Waals surface area contributed by atoms with Gasteiger partial charge < -0.3 is 28.4 Å². The predicted octanol–water partition coefficient (Wildman–Crippen LogP) is 1.28. The van der Waals surface area contributed by atoms with Crippen LogP contribution in [-0.4, -0.2) is 82.2 Å². The van der Waals surface area contributed by atoms with Crippen LogP contribution in [0.1, 0.15) is 39.5 Å². The fraction of sp³-hybridized carbons (Fsp3) is 0.923. The van der Waals surface area contributed by atoms with E-state index in [9.17, 15) is 9.59 Å². The zero-order valence-electron chi connectivity index (χ0n) is 21.2. The summed E-state index contributed by atoms with van der Waals surface area (Å²) in [5.41, 5.74) is -1.25. The van der Waals surface area contributed by atoms with E-state index in [0.29, 0.717) is 13.0 Å². The van der Waals surface area contributed by atoms with Crippen LogP contribution < -0.4 is 5.32 Å². The van der Waals surface area contributed by atoms with E-state index in [2.05, 4.69) is 5.32 Å². The van der Waals surface area contributed by atoms with Crippen LogP contribution in [0.3, 0.4) is 0 Å². The highest BCUT2D eigenvalue weighted by atomic mass is 16.6. The molecular formula is C26H37NO8. The van der Waals surface area contributed by atoms with Crippen LogP contribution in [-0.2, 0) is 38.0 Å². The van der Waals surface area contributed by atoms with E-state index >= 15 is 0 Å². The van der Waals surface area contributed by atoms with Gasteiger partial charge in [-0.3, -0.25) is 14.9 Å². The number of carbonyl (C=O) groups is 2. The predicted molar refractivity (Wildman–Crippen MR) is 120 cm³/mol. The molecule has 2 unspecified atom stereocenters. The Labute approximate surface area is 205 Å². The van der Waals surface area contributed by atoms with Gasteiger partial charge in [-0.2, -0.15) is 0 Å². The Bertz CT molecular complexity index is 956. The number of nitrogens with one attached hydrogen (secondary N) is 1. The molecule has 1 spiro atoms. The first kappa shape index (κ1) is 22.9. The minimum Gasteiger partial charge on any atom is -0.462 e. The van der Waals surface area contributed by atoms with Crippen LogP contribution in [0.4, 0.5) is 0 Å². The summed E-state index contributed by atoms with van der Waals surface area (Å²) in [6.45, 7) is 3.55. The molecule has 35 heavy (non-hydrogen) atoms. The number of carbonyl (C=O) groups excluding carboxylic acids is 2. The summed E-state index contributed by atoms with van der Waals surface area (Å²) in [7, 11) is 5.27. The fourth-order valence-corrected chi connectivity index (χ4v) is 11.2.